The van der Waals surface area contributed by atoms with E-state index in [1.165, 1.54) is 23.5 Å². The monoisotopic (exact) mass is 387 g/mol. The third-order valence-corrected chi connectivity index (χ3v) is 5.64. The van der Waals surface area contributed by atoms with Crippen molar-refractivity contribution in [2.24, 2.45) is 10.6 Å². The number of hydrogen-bond acceptors (Lipinski definition) is 6. The van der Waals surface area contributed by atoms with Gasteiger partial charge in [-0.1, -0.05) is 42.5 Å². The van der Waals surface area contributed by atoms with Gasteiger partial charge in [0.05, 0.1) is 16.3 Å². The number of rotatable bonds is 3. The summed E-state index contributed by atoms with van der Waals surface area (Å²) in [5.74, 6) is -0.694. The Balaban J connectivity index is 1.43. The Labute approximate surface area is 159 Å². The van der Waals surface area contributed by atoms with Crippen LogP contribution in [0.1, 0.15) is 47.6 Å². The molecule has 1 amide bonds. The van der Waals surface area contributed by atoms with Gasteiger partial charge in [0.15, 0.2) is 10.9 Å². The molecule has 0 bridgehead atoms. The number of aromatic nitrogens is 1. The molecular weight excluding hydrogens is 369 g/mol. The number of amides is 1. The van der Waals surface area contributed by atoms with Gasteiger partial charge < -0.3 is 4.84 Å². The van der Waals surface area contributed by atoms with E-state index >= 15 is 0 Å². The van der Waals surface area contributed by atoms with E-state index in [2.05, 4.69) is 15.5 Å². The van der Waals surface area contributed by atoms with Gasteiger partial charge in [-0.2, -0.15) is 0 Å². The van der Waals surface area contributed by atoms with Crippen LogP contribution in [0.4, 0.5) is 9.52 Å². The number of thiazole rings is 1. The van der Waals surface area contributed by atoms with Crippen molar-refractivity contribution in [3.63, 3.8) is 0 Å². The first-order valence-electron chi connectivity index (χ1n) is 8.63. The lowest BCUT2D eigenvalue weighted by Crippen LogP contribution is -2.28. The molecular formula is C19H18FN3O3S. The fourth-order valence-corrected chi connectivity index (χ4v) is 4.24. The van der Waals surface area contributed by atoms with Gasteiger partial charge in [-0.15, -0.1) is 0 Å². The molecule has 2 aromatic rings. The quantitative estimate of drug-likeness (QED) is 0.873. The minimum absolute atomic E-state index is 0.0630. The van der Waals surface area contributed by atoms with Crippen molar-refractivity contribution < 1.29 is 18.8 Å². The lowest BCUT2D eigenvalue weighted by atomic mass is 9.78. The fourth-order valence-electron chi connectivity index (χ4n) is 3.32. The van der Waals surface area contributed by atoms with Crippen molar-refractivity contribution in [3.8, 4) is 0 Å². The third kappa shape index (κ3) is 3.62. The number of ketones is 1. The van der Waals surface area contributed by atoms with Gasteiger partial charge >= 0.3 is 0 Å². The van der Waals surface area contributed by atoms with E-state index in [0.29, 0.717) is 34.1 Å². The minimum atomic E-state index is -0.809. The molecule has 27 heavy (non-hydrogen) atoms. The highest BCUT2D eigenvalue weighted by Gasteiger charge is 2.35. The van der Waals surface area contributed by atoms with E-state index in [1.54, 1.807) is 12.1 Å². The zero-order valence-corrected chi connectivity index (χ0v) is 15.7. The van der Waals surface area contributed by atoms with E-state index in [0.717, 1.165) is 5.69 Å². The van der Waals surface area contributed by atoms with Crippen LogP contribution in [0.25, 0.3) is 0 Å². The van der Waals surface area contributed by atoms with Gasteiger partial charge in [-0.3, -0.25) is 14.9 Å². The van der Waals surface area contributed by atoms with Crippen molar-refractivity contribution in [1.82, 2.24) is 4.98 Å². The minimum Gasteiger partial charge on any atom is -0.382 e. The van der Waals surface area contributed by atoms with Crippen molar-refractivity contribution in [2.75, 3.05) is 5.32 Å². The average molecular weight is 387 g/mol. The van der Waals surface area contributed by atoms with E-state index in [9.17, 15) is 14.0 Å². The second kappa shape index (κ2) is 6.53. The first kappa shape index (κ1) is 17.8. The molecule has 8 heteroatoms. The summed E-state index contributed by atoms with van der Waals surface area (Å²) in [6.07, 6.45) is 0.613. The van der Waals surface area contributed by atoms with Gasteiger partial charge in [-0.25, -0.2) is 9.37 Å². The molecule has 140 valence electrons. The molecule has 0 saturated heterocycles. The zero-order valence-electron chi connectivity index (χ0n) is 14.9. The SMILES string of the molecule is CC1(C)CC(=O)c2sc(NC(=O)[C@H]3CC(c4cccc(F)c4)=NO3)nc2C1. The molecule has 0 radical (unpaired) electrons. The molecule has 0 spiro atoms. The van der Waals surface area contributed by atoms with Gasteiger partial charge in [0, 0.05) is 18.4 Å². The zero-order chi connectivity index (χ0) is 19.2. The van der Waals surface area contributed by atoms with Crippen LogP contribution in [0, 0.1) is 11.2 Å². The second-order valence-electron chi connectivity index (χ2n) is 7.57. The first-order valence-corrected chi connectivity index (χ1v) is 9.45. The van der Waals surface area contributed by atoms with Crippen molar-refractivity contribution in [3.05, 3.63) is 46.2 Å². The summed E-state index contributed by atoms with van der Waals surface area (Å²) in [5, 5.41) is 7.01. The van der Waals surface area contributed by atoms with Crippen molar-refractivity contribution in [2.45, 2.75) is 39.2 Å². The van der Waals surface area contributed by atoms with E-state index < -0.39 is 6.10 Å². The lowest BCUT2D eigenvalue weighted by molar-refractivity contribution is -0.125. The summed E-state index contributed by atoms with van der Waals surface area (Å²) >= 11 is 1.20. The molecule has 1 aliphatic carbocycles. The normalized spacial score (nSPS) is 20.6. The lowest BCUT2D eigenvalue weighted by Gasteiger charge is -2.26. The van der Waals surface area contributed by atoms with Crippen LogP contribution in [-0.2, 0) is 16.1 Å². The molecule has 0 saturated carbocycles. The molecule has 4 rings (SSSR count). The maximum absolute atomic E-state index is 13.4. The molecule has 1 atom stereocenters. The molecule has 6 nitrogen and oxygen atoms in total. The molecule has 0 fully saturated rings. The number of nitrogens with one attached hydrogen (secondary N) is 1. The number of benzene rings is 1. The topological polar surface area (TPSA) is 80.7 Å². The predicted octanol–water partition coefficient (Wildman–Crippen LogP) is 3.57. The van der Waals surface area contributed by atoms with Crippen LogP contribution >= 0.6 is 11.3 Å². The summed E-state index contributed by atoms with van der Waals surface area (Å²) in [6.45, 7) is 4.06. The van der Waals surface area contributed by atoms with Crippen LogP contribution in [0.2, 0.25) is 0 Å². The Morgan fingerprint density at radius 2 is 2.19 bits per heavy atom. The smallest absolute Gasteiger partial charge is 0.270 e. The number of anilines is 1. The Bertz CT molecular complexity index is 967. The summed E-state index contributed by atoms with van der Waals surface area (Å²) in [7, 11) is 0. The molecule has 1 aromatic carbocycles. The van der Waals surface area contributed by atoms with Crippen molar-refractivity contribution >= 4 is 33.9 Å². The molecule has 2 aliphatic rings. The Hall–Kier alpha value is -2.61. The summed E-state index contributed by atoms with van der Waals surface area (Å²) in [4.78, 5) is 35.0. The highest BCUT2D eigenvalue weighted by atomic mass is 32.1. The second-order valence-corrected chi connectivity index (χ2v) is 8.57. The molecule has 1 N–H and O–H groups in total. The number of nitrogens with zero attached hydrogens (tertiary/aromatic N) is 2. The maximum atomic E-state index is 13.4. The number of Topliss-reactive ketones (excluding diaryl/α,β-unsaturated/α-hetero) is 1. The summed E-state index contributed by atoms with van der Waals surface area (Å²) < 4.78 is 13.4. The predicted molar refractivity (Wildman–Crippen MR) is 99.6 cm³/mol. The average Bonchev–Trinajstić information content (AvgIpc) is 3.21. The Kier molecular flexibility index (Phi) is 4.30. The third-order valence-electron chi connectivity index (χ3n) is 4.58. The first-order chi connectivity index (χ1) is 12.8. The fraction of sp³-hybridized carbons (Fsp3) is 0.368. The highest BCUT2D eigenvalue weighted by molar-refractivity contribution is 7.17. The largest absolute Gasteiger partial charge is 0.382 e. The van der Waals surface area contributed by atoms with Gasteiger partial charge in [0.25, 0.3) is 5.91 Å². The van der Waals surface area contributed by atoms with Crippen LogP contribution in [-0.4, -0.2) is 28.5 Å². The van der Waals surface area contributed by atoms with Gasteiger partial charge in [0.2, 0.25) is 6.10 Å². The Morgan fingerprint density at radius 3 is 2.96 bits per heavy atom. The van der Waals surface area contributed by atoms with E-state index in [1.807, 2.05) is 13.8 Å². The van der Waals surface area contributed by atoms with Gasteiger partial charge in [0.1, 0.15) is 5.82 Å². The number of hydrogen-bond donors (Lipinski definition) is 1. The number of fused-ring (bicyclic) bond motifs is 1. The summed E-state index contributed by atoms with van der Waals surface area (Å²) in [6, 6.07) is 5.99. The molecule has 1 aromatic heterocycles. The molecule has 0 unspecified atom stereocenters. The summed E-state index contributed by atoms with van der Waals surface area (Å²) in [5.41, 5.74) is 1.72. The number of carbonyl (C=O) groups is 2. The standard InChI is InChI=1S/C19H18FN3O3S/c1-19(2)8-13-16(14(24)9-19)27-18(21-13)22-17(25)15-7-12(23-26-15)10-4-3-5-11(20)6-10/h3-6,15H,7-9H2,1-2H3,(H,21,22,25)/t15-/m1/s1. The Morgan fingerprint density at radius 1 is 1.37 bits per heavy atom. The molecule has 2 heterocycles. The van der Waals surface area contributed by atoms with Gasteiger partial charge in [-0.05, 0) is 24.0 Å². The van der Waals surface area contributed by atoms with Crippen LogP contribution in [0.5, 0.6) is 0 Å². The maximum Gasteiger partial charge on any atom is 0.270 e. The number of halogens is 1. The van der Waals surface area contributed by atoms with E-state index in [4.69, 9.17) is 4.84 Å². The van der Waals surface area contributed by atoms with Crippen molar-refractivity contribution in [1.29, 1.82) is 0 Å². The van der Waals surface area contributed by atoms with E-state index in [-0.39, 0.29) is 29.3 Å². The van der Waals surface area contributed by atoms with Crippen LogP contribution in [0.3, 0.4) is 0 Å². The van der Waals surface area contributed by atoms with Crippen LogP contribution < -0.4 is 5.32 Å². The molecule has 1 aliphatic heterocycles. The number of carbonyl (C=O) groups excluding carboxylic acids is 2. The number of oxime groups is 1. The highest BCUT2D eigenvalue weighted by Crippen LogP contribution is 2.38. The van der Waals surface area contributed by atoms with Crippen LogP contribution in [0.15, 0.2) is 29.4 Å².